The molecule has 0 aliphatic carbocycles. The first-order valence-electron chi connectivity index (χ1n) is 10.5. The second-order valence-electron chi connectivity index (χ2n) is 8.44. The molecule has 0 saturated carbocycles. The van der Waals surface area contributed by atoms with Crippen molar-refractivity contribution in [1.82, 2.24) is 14.8 Å². The molecule has 4 rings (SSSR count). The summed E-state index contributed by atoms with van der Waals surface area (Å²) in [6.07, 6.45) is 4.49. The fourth-order valence-corrected chi connectivity index (χ4v) is 4.47. The van der Waals surface area contributed by atoms with Crippen LogP contribution in [0.15, 0.2) is 79.1 Å². The lowest BCUT2D eigenvalue weighted by atomic mass is 9.79. The van der Waals surface area contributed by atoms with E-state index in [1.165, 1.54) is 0 Å². The molecule has 2 heterocycles. The van der Waals surface area contributed by atoms with Crippen LogP contribution in [-0.2, 0) is 11.2 Å². The maximum absolute atomic E-state index is 13.3. The second kappa shape index (κ2) is 8.72. The third-order valence-corrected chi connectivity index (χ3v) is 6.00. The summed E-state index contributed by atoms with van der Waals surface area (Å²) in [5, 5.41) is 0. The standard InChI is InChI=1S/C26H27N3O2/c1-28(2)25(31)26(13-16-29(19-26)24(30)22-11-14-27-15-12-22)18-20-7-6-10-23(17-20)21-8-4-3-5-9-21/h3-12,14-15,17H,13,16,18-19H2,1-2H3/t26-/m0/s1. The van der Waals surface area contributed by atoms with Gasteiger partial charge in [0.05, 0.1) is 5.41 Å². The van der Waals surface area contributed by atoms with Crippen molar-refractivity contribution >= 4 is 11.8 Å². The van der Waals surface area contributed by atoms with E-state index in [2.05, 4.69) is 35.3 Å². The molecule has 158 valence electrons. The van der Waals surface area contributed by atoms with Gasteiger partial charge in [0.25, 0.3) is 5.91 Å². The minimum absolute atomic E-state index is 0.0473. The number of likely N-dealkylation sites (tertiary alicyclic amines) is 1. The van der Waals surface area contributed by atoms with Gasteiger partial charge in [0.2, 0.25) is 5.91 Å². The molecule has 1 aromatic heterocycles. The predicted molar refractivity (Wildman–Crippen MR) is 121 cm³/mol. The van der Waals surface area contributed by atoms with Crippen molar-refractivity contribution in [2.45, 2.75) is 12.8 Å². The molecule has 0 spiro atoms. The molecule has 3 aromatic rings. The summed E-state index contributed by atoms with van der Waals surface area (Å²) >= 11 is 0. The molecule has 2 aromatic carbocycles. The molecular weight excluding hydrogens is 386 g/mol. The Balaban J connectivity index is 1.61. The molecule has 0 bridgehead atoms. The van der Waals surface area contributed by atoms with Crippen molar-refractivity contribution in [3.05, 3.63) is 90.3 Å². The zero-order valence-electron chi connectivity index (χ0n) is 18.0. The lowest BCUT2D eigenvalue weighted by molar-refractivity contribution is -0.138. The van der Waals surface area contributed by atoms with Crippen LogP contribution in [0.4, 0.5) is 0 Å². The van der Waals surface area contributed by atoms with Crippen LogP contribution in [-0.4, -0.2) is 53.8 Å². The summed E-state index contributed by atoms with van der Waals surface area (Å²) in [4.78, 5) is 33.8. The van der Waals surface area contributed by atoms with Crippen molar-refractivity contribution in [1.29, 1.82) is 0 Å². The first-order chi connectivity index (χ1) is 15.0. The monoisotopic (exact) mass is 413 g/mol. The summed E-state index contributed by atoms with van der Waals surface area (Å²) in [5.41, 5.74) is 3.37. The van der Waals surface area contributed by atoms with E-state index in [0.29, 0.717) is 31.5 Å². The molecule has 5 heteroatoms. The van der Waals surface area contributed by atoms with Crippen molar-refractivity contribution in [2.75, 3.05) is 27.2 Å². The van der Waals surface area contributed by atoms with E-state index in [1.54, 1.807) is 48.4 Å². The Morgan fingerprint density at radius 2 is 1.68 bits per heavy atom. The zero-order valence-corrected chi connectivity index (χ0v) is 18.0. The number of hydrogen-bond donors (Lipinski definition) is 0. The molecule has 31 heavy (non-hydrogen) atoms. The highest BCUT2D eigenvalue weighted by atomic mass is 16.2. The van der Waals surface area contributed by atoms with E-state index >= 15 is 0 Å². The van der Waals surface area contributed by atoms with Gasteiger partial charge in [0.1, 0.15) is 0 Å². The van der Waals surface area contributed by atoms with Gasteiger partial charge in [-0.3, -0.25) is 14.6 Å². The molecule has 1 saturated heterocycles. The fraction of sp³-hybridized carbons (Fsp3) is 0.269. The first kappa shape index (κ1) is 20.8. The highest BCUT2D eigenvalue weighted by Crippen LogP contribution is 2.37. The number of rotatable bonds is 5. The van der Waals surface area contributed by atoms with Crippen LogP contribution in [0.3, 0.4) is 0 Å². The minimum atomic E-state index is -0.624. The van der Waals surface area contributed by atoms with Crippen LogP contribution in [0.5, 0.6) is 0 Å². The van der Waals surface area contributed by atoms with Crippen LogP contribution >= 0.6 is 0 Å². The van der Waals surface area contributed by atoms with Crippen molar-refractivity contribution in [3.63, 3.8) is 0 Å². The Morgan fingerprint density at radius 1 is 0.968 bits per heavy atom. The summed E-state index contributed by atoms with van der Waals surface area (Å²) in [5.74, 6) is 0.0245. The van der Waals surface area contributed by atoms with Gasteiger partial charge in [-0.25, -0.2) is 0 Å². The number of aromatic nitrogens is 1. The van der Waals surface area contributed by atoms with Crippen LogP contribution in [0.2, 0.25) is 0 Å². The van der Waals surface area contributed by atoms with E-state index < -0.39 is 5.41 Å². The van der Waals surface area contributed by atoms with Gasteiger partial charge in [-0.1, -0.05) is 54.6 Å². The van der Waals surface area contributed by atoms with Crippen LogP contribution in [0, 0.1) is 5.41 Å². The van der Waals surface area contributed by atoms with E-state index in [1.807, 2.05) is 24.3 Å². The lowest BCUT2D eigenvalue weighted by Crippen LogP contribution is -2.44. The highest BCUT2D eigenvalue weighted by molar-refractivity contribution is 5.95. The maximum atomic E-state index is 13.3. The topological polar surface area (TPSA) is 53.5 Å². The fourth-order valence-electron chi connectivity index (χ4n) is 4.47. The molecule has 1 aliphatic rings. The molecule has 1 fully saturated rings. The van der Waals surface area contributed by atoms with Crippen molar-refractivity contribution < 1.29 is 9.59 Å². The van der Waals surface area contributed by atoms with Gasteiger partial charge in [-0.2, -0.15) is 0 Å². The number of benzene rings is 2. The molecule has 0 N–H and O–H groups in total. The van der Waals surface area contributed by atoms with E-state index in [9.17, 15) is 9.59 Å². The Kier molecular flexibility index (Phi) is 5.85. The van der Waals surface area contributed by atoms with Gasteiger partial charge in [0.15, 0.2) is 0 Å². The number of nitrogens with zero attached hydrogens (tertiary/aromatic N) is 3. The quantitative estimate of drug-likeness (QED) is 0.637. The van der Waals surface area contributed by atoms with Crippen LogP contribution in [0.1, 0.15) is 22.3 Å². The van der Waals surface area contributed by atoms with Crippen molar-refractivity contribution in [3.8, 4) is 11.1 Å². The third kappa shape index (κ3) is 4.36. The number of amides is 2. The number of pyridine rings is 1. The normalized spacial score (nSPS) is 18.1. The van der Waals surface area contributed by atoms with Gasteiger partial charge < -0.3 is 9.80 Å². The summed E-state index contributed by atoms with van der Waals surface area (Å²) < 4.78 is 0. The van der Waals surface area contributed by atoms with Gasteiger partial charge in [0, 0.05) is 45.1 Å². The van der Waals surface area contributed by atoms with Crippen LogP contribution in [0.25, 0.3) is 11.1 Å². The van der Waals surface area contributed by atoms with Gasteiger partial charge >= 0.3 is 0 Å². The Morgan fingerprint density at radius 3 is 2.39 bits per heavy atom. The molecule has 0 unspecified atom stereocenters. The minimum Gasteiger partial charge on any atom is -0.348 e. The second-order valence-corrected chi connectivity index (χ2v) is 8.44. The van der Waals surface area contributed by atoms with E-state index in [0.717, 1.165) is 16.7 Å². The average molecular weight is 414 g/mol. The summed E-state index contributed by atoms with van der Waals surface area (Å²) in [6, 6.07) is 22.0. The average Bonchev–Trinajstić information content (AvgIpc) is 3.24. The largest absolute Gasteiger partial charge is 0.348 e. The Labute approximate surface area is 183 Å². The Bertz CT molecular complexity index is 1070. The number of carbonyl (C=O) groups excluding carboxylic acids is 2. The number of carbonyl (C=O) groups is 2. The van der Waals surface area contributed by atoms with E-state index in [-0.39, 0.29) is 11.8 Å². The van der Waals surface area contributed by atoms with E-state index in [4.69, 9.17) is 0 Å². The molecular formula is C26H27N3O2. The van der Waals surface area contributed by atoms with Crippen LogP contribution < -0.4 is 0 Å². The third-order valence-electron chi connectivity index (χ3n) is 6.00. The molecule has 2 amide bonds. The molecule has 0 radical (unpaired) electrons. The predicted octanol–water partition coefficient (Wildman–Crippen LogP) is 3.91. The first-order valence-corrected chi connectivity index (χ1v) is 10.5. The lowest BCUT2D eigenvalue weighted by Gasteiger charge is -2.31. The van der Waals surface area contributed by atoms with Crippen molar-refractivity contribution in [2.24, 2.45) is 5.41 Å². The SMILES string of the molecule is CN(C)C(=O)[C@]1(Cc2cccc(-c3ccccc3)c2)CCN(C(=O)c2ccncc2)C1. The van der Waals surface area contributed by atoms with Gasteiger partial charge in [-0.15, -0.1) is 0 Å². The molecule has 1 aliphatic heterocycles. The smallest absolute Gasteiger partial charge is 0.253 e. The number of hydrogen-bond acceptors (Lipinski definition) is 3. The highest BCUT2D eigenvalue weighted by Gasteiger charge is 2.46. The molecule has 5 nitrogen and oxygen atoms in total. The summed E-state index contributed by atoms with van der Waals surface area (Å²) in [7, 11) is 3.58. The molecule has 1 atom stereocenters. The summed E-state index contributed by atoms with van der Waals surface area (Å²) in [6.45, 7) is 0.986. The maximum Gasteiger partial charge on any atom is 0.253 e. The zero-order chi connectivity index (χ0) is 21.8. The Hall–Kier alpha value is -3.47. The van der Waals surface area contributed by atoms with Gasteiger partial charge in [-0.05, 0) is 41.7 Å².